The van der Waals surface area contributed by atoms with E-state index in [9.17, 15) is 0 Å². The fourth-order valence-corrected chi connectivity index (χ4v) is 3.91. The van der Waals surface area contributed by atoms with Crippen LogP contribution >= 0.6 is 23.1 Å². The second-order valence-electron chi connectivity index (χ2n) is 4.48. The summed E-state index contributed by atoms with van der Waals surface area (Å²) in [7, 11) is 2.03. The van der Waals surface area contributed by atoms with E-state index in [1.165, 1.54) is 34.1 Å². The molecule has 1 unspecified atom stereocenters. The van der Waals surface area contributed by atoms with Crippen LogP contribution in [0, 0.1) is 0 Å². The Morgan fingerprint density at radius 3 is 2.94 bits per heavy atom. The highest BCUT2D eigenvalue weighted by atomic mass is 32.2. The molecule has 0 amide bonds. The van der Waals surface area contributed by atoms with Crippen molar-refractivity contribution < 1.29 is 0 Å². The van der Waals surface area contributed by atoms with Crippen molar-refractivity contribution in [2.75, 3.05) is 12.8 Å². The summed E-state index contributed by atoms with van der Waals surface area (Å²) in [5, 5.41) is 3.27. The number of rotatable bonds is 7. The average Bonchev–Trinajstić information content (AvgIpc) is 2.80. The molecule has 0 aliphatic rings. The molecule has 0 aliphatic carbocycles. The van der Waals surface area contributed by atoms with Crippen LogP contribution in [-0.4, -0.2) is 23.8 Å². The zero-order valence-electron chi connectivity index (χ0n) is 11.0. The number of hydrogen-bond acceptors (Lipinski definition) is 4. The van der Waals surface area contributed by atoms with Crippen LogP contribution in [0.3, 0.4) is 0 Å². The largest absolute Gasteiger partial charge is 0.317 e. The molecular weight excluding hydrogens is 260 g/mol. The molecule has 0 aliphatic heterocycles. The Morgan fingerprint density at radius 1 is 1.33 bits per heavy atom. The van der Waals surface area contributed by atoms with Crippen LogP contribution in [0.4, 0.5) is 0 Å². The number of para-hydroxylation sites is 1. The average molecular weight is 280 g/mol. The highest BCUT2D eigenvalue weighted by Gasteiger charge is 2.03. The van der Waals surface area contributed by atoms with Crippen LogP contribution in [0.2, 0.25) is 0 Å². The molecule has 2 rings (SSSR count). The van der Waals surface area contributed by atoms with Gasteiger partial charge in [0.1, 0.15) is 0 Å². The predicted octanol–water partition coefficient (Wildman–Crippen LogP) is 4.17. The first-order valence-corrected chi connectivity index (χ1v) is 8.25. The second kappa shape index (κ2) is 7.12. The molecule has 2 aromatic rings. The number of thiazole rings is 1. The molecule has 4 heteroatoms. The zero-order chi connectivity index (χ0) is 12.8. The van der Waals surface area contributed by atoms with E-state index in [-0.39, 0.29) is 0 Å². The van der Waals surface area contributed by atoms with E-state index in [1.807, 2.05) is 18.8 Å². The lowest BCUT2D eigenvalue weighted by Crippen LogP contribution is -2.20. The molecule has 0 fully saturated rings. The van der Waals surface area contributed by atoms with E-state index in [1.54, 1.807) is 11.3 Å². The van der Waals surface area contributed by atoms with E-state index in [0.717, 1.165) is 5.52 Å². The Kier molecular flexibility index (Phi) is 5.47. The molecule has 0 saturated heterocycles. The third-order valence-corrected chi connectivity index (χ3v) is 5.29. The van der Waals surface area contributed by atoms with Crippen molar-refractivity contribution in [2.45, 2.75) is 36.6 Å². The van der Waals surface area contributed by atoms with Crippen molar-refractivity contribution >= 4 is 33.3 Å². The number of fused-ring (bicyclic) bond motifs is 1. The fourth-order valence-electron chi connectivity index (χ4n) is 1.77. The molecule has 0 spiro atoms. The zero-order valence-corrected chi connectivity index (χ0v) is 12.6. The van der Waals surface area contributed by atoms with E-state index in [2.05, 4.69) is 41.5 Å². The minimum Gasteiger partial charge on any atom is -0.317 e. The maximum atomic E-state index is 4.63. The van der Waals surface area contributed by atoms with Crippen LogP contribution in [0.15, 0.2) is 28.6 Å². The number of hydrogen-bond donors (Lipinski definition) is 1. The molecule has 2 nitrogen and oxygen atoms in total. The number of nitrogens with zero attached hydrogens (tertiary/aromatic N) is 1. The predicted molar refractivity (Wildman–Crippen MR) is 82.7 cm³/mol. The minimum absolute atomic E-state index is 0.637. The van der Waals surface area contributed by atoms with Crippen LogP contribution < -0.4 is 5.32 Å². The van der Waals surface area contributed by atoms with E-state index in [4.69, 9.17) is 0 Å². The number of thioether (sulfide) groups is 1. The molecule has 1 aromatic heterocycles. The molecule has 1 aromatic carbocycles. The first-order chi connectivity index (χ1) is 8.79. The Balaban J connectivity index is 1.73. The summed E-state index contributed by atoms with van der Waals surface area (Å²) in [6.07, 6.45) is 3.82. The summed E-state index contributed by atoms with van der Waals surface area (Å²) >= 11 is 3.70. The quantitative estimate of drug-likeness (QED) is 0.609. The summed E-state index contributed by atoms with van der Waals surface area (Å²) in [6.45, 7) is 2.24. The lowest BCUT2D eigenvalue weighted by atomic mass is 10.1. The molecule has 0 radical (unpaired) electrons. The Morgan fingerprint density at radius 2 is 2.17 bits per heavy atom. The molecule has 18 heavy (non-hydrogen) atoms. The van der Waals surface area contributed by atoms with Crippen molar-refractivity contribution in [3.8, 4) is 0 Å². The Hall–Kier alpha value is -0.580. The maximum absolute atomic E-state index is 4.63. The SMILES string of the molecule is CNC(C)CCCCSc1nc2ccccc2s1. The van der Waals surface area contributed by atoms with Gasteiger partial charge in [-0.2, -0.15) is 0 Å². The van der Waals surface area contributed by atoms with E-state index in [0.29, 0.717) is 6.04 Å². The van der Waals surface area contributed by atoms with Crippen molar-refractivity contribution in [2.24, 2.45) is 0 Å². The fraction of sp³-hybridized carbons (Fsp3) is 0.500. The first kappa shape index (κ1) is 13.8. The van der Waals surface area contributed by atoms with Gasteiger partial charge >= 0.3 is 0 Å². The smallest absolute Gasteiger partial charge is 0.151 e. The molecular formula is C14H20N2S2. The minimum atomic E-state index is 0.637. The van der Waals surface area contributed by atoms with Crippen molar-refractivity contribution in [1.29, 1.82) is 0 Å². The van der Waals surface area contributed by atoms with Crippen molar-refractivity contribution in [1.82, 2.24) is 10.3 Å². The number of unbranched alkanes of at least 4 members (excludes halogenated alkanes) is 1. The van der Waals surface area contributed by atoms with Gasteiger partial charge in [-0.3, -0.25) is 0 Å². The van der Waals surface area contributed by atoms with Crippen molar-refractivity contribution in [3.05, 3.63) is 24.3 Å². The molecule has 98 valence electrons. The monoisotopic (exact) mass is 280 g/mol. The summed E-state index contributed by atoms with van der Waals surface area (Å²) < 4.78 is 2.50. The Labute approximate surface area is 117 Å². The van der Waals surface area contributed by atoms with Gasteiger partial charge in [-0.15, -0.1) is 11.3 Å². The van der Waals surface area contributed by atoms with Gasteiger partial charge in [0.2, 0.25) is 0 Å². The van der Waals surface area contributed by atoms with Crippen LogP contribution in [-0.2, 0) is 0 Å². The molecule has 0 saturated carbocycles. The number of benzene rings is 1. The number of aromatic nitrogens is 1. The third kappa shape index (κ3) is 3.97. The maximum Gasteiger partial charge on any atom is 0.151 e. The first-order valence-electron chi connectivity index (χ1n) is 6.45. The van der Waals surface area contributed by atoms with Crippen LogP contribution in [0.25, 0.3) is 10.2 Å². The van der Waals surface area contributed by atoms with Crippen LogP contribution in [0.1, 0.15) is 26.2 Å². The van der Waals surface area contributed by atoms with Gasteiger partial charge in [0.05, 0.1) is 10.2 Å². The summed E-state index contributed by atoms with van der Waals surface area (Å²) in [5.74, 6) is 1.18. The van der Waals surface area contributed by atoms with Crippen molar-refractivity contribution in [3.63, 3.8) is 0 Å². The standard InChI is InChI=1S/C14H20N2S2/c1-11(15-2)7-5-6-10-17-14-16-12-8-3-4-9-13(12)18-14/h3-4,8-9,11,15H,5-7,10H2,1-2H3. The molecule has 1 N–H and O–H groups in total. The lowest BCUT2D eigenvalue weighted by molar-refractivity contribution is 0.539. The van der Waals surface area contributed by atoms with Gasteiger partial charge in [-0.05, 0) is 38.9 Å². The van der Waals surface area contributed by atoms with Gasteiger partial charge in [-0.25, -0.2) is 4.98 Å². The topological polar surface area (TPSA) is 24.9 Å². The normalized spacial score (nSPS) is 13.0. The lowest BCUT2D eigenvalue weighted by Gasteiger charge is -2.08. The Bertz CT molecular complexity index is 448. The van der Waals surface area contributed by atoms with E-state index < -0.39 is 0 Å². The molecule has 1 atom stereocenters. The second-order valence-corrected chi connectivity index (χ2v) is 6.85. The van der Waals surface area contributed by atoms with E-state index >= 15 is 0 Å². The van der Waals surface area contributed by atoms with Gasteiger partial charge < -0.3 is 5.32 Å². The van der Waals surface area contributed by atoms with Gasteiger partial charge in [-0.1, -0.05) is 30.3 Å². The highest BCUT2D eigenvalue weighted by molar-refractivity contribution is 8.01. The van der Waals surface area contributed by atoms with Crippen LogP contribution in [0.5, 0.6) is 0 Å². The number of nitrogens with one attached hydrogen (secondary N) is 1. The summed E-state index contributed by atoms with van der Waals surface area (Å²) in [6, 6.07) is 9.00. The van der Waals surface area contributed by atoms with Gasteiger partial charge in [0.25, 0.3) is 0 Å². The molecule has 0 bridgehead atoms. The summed E-state index contributed by atoms with van der Waals surface area (Å²) in [4.78, 5) is 4.63. The van der Waals surface area contributed by atoms with Gasteiger partial charge in [0, 0.05) is 11.8 Å². The molecule has 1 heterocycles. The highest BCUT2D eigenvalue weighted by Crippen LogP contribution is 2.29. The van der Waals surface area contributed by atoms with Gasteiger partial charge in [0.15, 0.2) is 4.34 Å². The summed E-state index contributed by atoms with van der Waals surface area (Å²) in [5.41, 5.74) is 1.13. The third-order valence-electron chi connectivity index (χ3n) is 3.02.